The molecule has 1 N–H and O–H groups in total. The summed E-state index contributed by atoms with van der Waals surface area (Å²) < 4.78 is 1.69. The molecular weight excluding hydrogens is 362 g/mol. The van der Waals surface area contributed by atoms with E-state index in [2.05, 4.69) is 30.6 Å². The van der Waals surface area contributed by atoms with Gasteiger partial charge in [0.15, 0.2) is 0 Å². The quantitative estimate of drug-likeness (QED) is 0.725. The van der Waals surface area contributed by atoms with Crippen LogP contribution in [0, 0.1) is 27.7 Å². The van der Waals surface area contributed by atoms with Crippen molar-refractivity contribution in [3.8, 4) is 5.95 Å². The molecule has 142 valence electrons. The first-order chi connectivity index (χ1) is 12.7. The van der Waals surface area contributed by atoms with Gasteiger partial charge in [0, 0.05) is 28.6 Å². The minimum Gasteiger partial charge on any atom is -0.300 e. The molecule has 0 unspecified atom stereocenters. The lowest BCUT2D eigenvalue weighted by atomic mass is 10.1. The Morgan fingerprint density at radius 2 is 1.81 bits per heavy atom. The highest BCUT2D eigenvalue weighted by atomic mass is 32.1. The molecule has 27 heavy (non-hydrogen) atoms. The van der Waals surface area contributed by atoms with Crippen molar-refractivity contribution in [3.05, 3.63) is 39.4 Å². The van der Waals surface area contributed by atoms with Gasteiger partial charge in [-0.25, -0.2) is 14.6 Å². The topological polar surface area (TPSA) is 98.5 Å². The van der Waals surface area contributed by atoms with Gasteiger partial charge in [-0.1, -0.05) is 25.2 Å². The highest BCUT2D eigenvalue weighted by Gasteiger charge is 2.18. The molecule has 0 saturated carbocycles. The summed E-state index contributed by atoms with van der Waals surface area (Å²) in [5.41, 5.74) is 4.25. The van der Waals surface area contributed by atoms with E-state index in [4.69, 9.17) is 0 Å². The Morgan fingerprint density at radius 3 is 2.41 bits per heavy atom. The number of aromatic nitrogens is 6. The van der Waals surface area contributed by atoms with Crippen molar-refractivity contribution in [2.75, 3.05) is 5.32 Å². The molecule has 3 heterocycles. The molecule has 0 atom stereocenters. The number of rotatable bonds is 5. The minimum absolute atomic E-state index is 0.145. The van der Waals surface area contributed by atoms with Crippen molar-refractivity contribution >= 4 is 22.4 Å². The van der Waals surface area contributed by atoms with Crippen LogP contribution in [-0.4, -0.2) is 35.9 Å². The Kier molecular flexibility index (Phi) is 5.31. The Labute approximate surface area is 162 Å². The number of nitrogens with one attached hydrogen (secondary N) is 1. The molecule has 0 aromatic carbocycles. The molecular formula is C18H23N7OS. The fourth-order valence-corrected chi connectivity index (χ4v) is 3.53. The normalized spacial score (nSPS) is 11.2. The number of carbonyl (C=O) groups excluding carboxylic acids is 1. The fourth-order valence-electron chi connectivity index (χ4n) is 2.77. The molecule has 0 aliphatic heterocycles. The lowest BCUT2D eigenvalue weighted by Gasteiger charge is -2.06. The summed E-state index contributed by atoms with van der Waals surface area (Å²) in [4.78, 5) is 21.4. The monoisotopic (exact) mass is 385 g/mol. The van der Waals surface area contributed by atoms with Crippen LogP contribution < -0.4 is 5.32 Å². The molecule has 8 nitrogen and oxygen atoms in total. The van der Waals surface area contributed by atoms with Gasteiger partial charge in [-0.05, 0) is 33.8 Å². The van der Waals surface area contributed by atoms with E-state index >= 15 is 0 Å². The lowest BCUT2D eigenvalue weighted by Crippen LogP contribution is -2.15. The third kappa shape index (κ3) is 4.19. The Balaban J connectivity index is 1.80. The summed E-state index contributed by atoms with van der Waals surface area (Å²) in [5.74, 6) is 0.660. The van der Waals surface area contributed by atoms with Gasteiger partial charge in [0.1, 0.15) is 5.01 Å². The maximum Gasteiger partial charge on any atom is 0.251 e. The minimum atomic E-state index is -0.145. The number of anilines is 1. The first-order valence-corrected chi connectivity index (χ1v) is 9.57. The third-order valence-corrected chi connectivity index (χ3v) is 5.26. The van der Waals surface area contributed by atoms with Crippen molar-refractivity contribution in [2.45, 2.75) is 53.9 Å². The second-order valence-electron chi connectivity index (χ2n) is 6.84. The van der Waals surface area contributed by atoms with Gasteiger partial charge in [-0.15, -0.1) is 10.2 Å². The van der Waals surface area contributed by atoms with E-state index in [1.165, 1.54) is 11.3 Å². The van der Waals surface area contributed by atoms with Crippen molar-refractivity contribution in [3.63, 3.8) is 0 Å². The van der Waals surface area contributed by atoms with E-state index in [0.717, 1.165) is 33.3 Å². The number of hydrogen-bond donors (Lipinski definition) is 1. The largest absolute Gasteiger partial charge is 0.300 e. The van der Waals surface area contributed by atoms with Crippen LogP contribution in [0.1, 0.15) is 53.1 Å². The van der Waals surface area contributed by atoms with E-state index < -0.39 is 0 Å². The number of aryl methyl sites for hydroxylation is 3. The molecule has 0 saturated heterocycles. The number of carbonyl (C=O) groups is 1. The summed E-state index contributed by atoms with van der Waals surface area (Å²) in [6.07, 6.45) is 0.207. The number of nitrogens with zero attached hydrogens (tertiary/aromatic N) is 6. The van der Waals surface area contributed by atoms with Crippen LogP contribution in [0.15, 0.2) is 6.07 Å². The standard InChI is InChI=1S/C18H23N7OS/c1-9(2)16-22-23-18(27-16)21-15(26)8-14-12(5)24-25(13(14)6)17-19-10(3)7-11(4)20-17/h7,9H,8H2,1-6H3,(H,21,23,26). The molecule has 1 amide bonds. The molecule has 0 spiro atoms. The Bertz CT molecular complexity index is 970. The second-order valence-corrected chi connectivity index (χ2v) is 7.85. The molecule has 0 aliphatic carbocycles. The average Bonchev–Trinajstić information content (AvgIpc) is 3.14. The predicted molar refractivity (Wildman–Crippen MR) is 104 cm³/mol. The van der Waals surface area contributed by atoms with E-state index in [1.807, 2.05) is 47.6 Å². The van der Waals surface area contributed by atoms with Crippen LogP contribution in [-0.2, 0) is 11.2 Å². The first kappa shape index (κ1) is 19.1. The average molecular weight is 385 g/mol. The molecule has 3 aromatic rings. The van der Waals surface area contributed by atoms with Crippen LogP contribution in [0.25, 0.3) is 5.95 Å². The summed E-state index contributed by atoms with van der Waals surface area (Å²) in [6, 6.07) is 1.91. The van der Waals surface area contributed by atoms with E-state index in [0.29, 0.717) is 11.1 Å². The third-order valence-electron chi connectivity index (χ3n) is 4.12. The predicted octanol–water partition coefficient (Wildman–Crippen LogP) is 3.05. The van der Waals surface area contributed by atoms with Crippen molar-refractivity contribution in [1.82, 2.24) is 29.9 Å². The SMILES string of the molecule is Cc1cc(C)nc(-n2nc(C)c(CC(=O)Nc3nnc(C(C)C)s3)c2C)n1. The van der Waals surface area contributed by atoms with E-state index in [9.17, 15) is 4.79 Å². The van der Waals surface area contributed by atoms with Gasteiger partial charge >= 0.3 is 0 Å². The van der Waals surface area contributed by atoms with E-state index in [-0.39, 0.29) is 18.2 Å². The van der Waals surface area contributed by atoms with Gasteiger partial charge in [0.25, 0.3) is 5.95 Å². The van der Waals surface area contributed by atoms with Gasteiger partial charge in [0.05, 0.1) is 12.1 Å². The molecule has 3 aromatic heterocycles. The molecule has 3 rings (SSSR count). The summed E-state index contributed by atoms with van der Waals surface area (Å²) in [6.45, 7) is 11.7. The van der Waals surface area contributed by atoms with Crippen molar-refractivity contribution in [2.24, 2.45) is 0 Å². The zero-order chi connectivity index (χ0) is 19.7. The van der Waals surface area contributed by atoms with Crippen LogP contribution in [0.5, 0.6) is 0 Å². The smallest absolute Gasteiger partial charge is 0.251 e. The number of hydrogen-bond acceptors (Lipinski definition) is 7. The van der Waals surface area contributed by atoms with Gasteiger partial charge in [-0.3, -0.25) is 4.79 Å². The summed E-state index contributed by atoms with van der Waals surface area (Å²) in [7, 11) is 0. The maximum absolute atomic E-state index is 12.5. The molecule has 9 heteroatoms. The summed E-state index contributed by atoms with van der Waals surface area (Å²) >= 11 is 1.40. The van der Waals surface area contributed by atoms with Crippen LogP contribution in [0.2, 0.25) is 0 Å². The second kappa shape index (κ2) is 7.51. The zero-order valence-electron chi connectivity index (χ0n) is 16.4. The van der Waals surface area contributed by atoms with Gasteiger partial charge < -0.3 is 5.32 Å². The maximum atomic E-state index is 12.5. The summed E-state index contributed by atoms with van der Waals surface area (Å²) in [5, 5.41) is 16.9. The molecule has 0 bridgehead atoms. The van der Waals surface area contributed by atoms with Gasteiger partial charge in [0.2, 0.25) is 11.0 Å². The molecule has 0 aliphatic rings. The van der Waals surface area contributed by atoms with Crippen LogP contribution >= 0.6 is 11.3 Å². The van der Waals surface area contributed by atoms with Crippen molar-refractivity contribution < 1.29 is 4.79 Å². The van der Waals surface area contributed by atoms with Crippen LogP contribution in [0.3, 0.4) is 0 Å². The number of amides is 1. The highest BCUT2D eigenvalue weighted by Crippen LogP contribution is 2.23. The lowest BCUT2D eigenvalue weighted by molar-refractivity contribution is -0.115. The van der Waals surface area contributed by atoms with E-state index in [1.54, 1.807) is 4.68 Å². The molecule has 0 fully saturated rings. The van der Waals surface area contributed by atoms with Gasteiger partial charge in [-0.2, -0.15) is 5.10 Å². The highest BCUT2D eigenvalue weighted by molar-refractivity contribution is 7.15. The zero-order valence-corrected chi connectivity index (χ0v) is 17.2. The fraction of sp³-hybridized carbons (Fsp3) is 0.444. The Hall–Kier alpha value is -2.68. The molecule has 0 radical (unpaired) electrons. The van der Waals surface area contributed by atoms with Crippen LogP contribution in [0.4, 0.5) is 5.13 Å². The first-order valence-electron chi connectivity index (χ1n) is 8.75. The van der Waals surface area contributed by atoms with Crippen molar-refractivity contribution in [1.29, 1.82) is 0 Å². The Morgan fingerprint density at radius 1 is 1.15 bits per heavy atom.